The number of hydrogen-bond donors (Lipinski definition) is 1. The van der Waals surface area contributed by atoms with Crippen LogP contribution in [0.4, 0.5) is 5.69 Å². The van der Waals surface area contributed by atoms with Crippen molar-refractivity contribution < 1.29 is 14.3 Å². The van der Waals surface area contributed by atoms with Crippen molar-refractivity contribution in [1.82, 2.24) is 0 Å². The van der Waals surface area contributed by atoms with Crippen LogP contribution in [-0.4, -0.2) is 13.1 Å². The van der Waals surface area contributed by atoms with Crippen molar-refractivity contribution in [2.45, 2.75) is 0 Å². The number of methoxy groups -OCH3 is 1. The van der Waals surface area contributed by atoms with E-state index in [1.807, 2.05) is 0 Å². The molecule has 0 saturated heterocycles. The molecule has 0 atom stereocenters. The zero-order valence-corrected chi connectivity index (χ0v) is 12.9. The van der Waals surface area contributed by atoms with E-state index in [4.69, 9.17) is 22.1 Å². The van der Waals surface area contributed by atoms with E-state index < -0.39 is 5.97 Å². The Kier molecular flexibility index (Phi) is 4.52. The SMILES string of the molecule is COC(=O)c1cc(Oc2ccc(Br)cc2Cl)ccc1N. The molecule has 0 aromatic heterocycles. The van der Waals surface area contributed by atoms with E-state index in [0.717, 1.165) is 4.47 Å². The molecule has 0 aliphatic heterocycles. The summed E-state index contributed by atoms with van der Waals surface area (Å²) in [4.78, 5) is 11.6. The van der Waals surface area contributed by atoms with Crippen molar-refractivity contribution in [2.75, 3.05) is 12.8 Å². The van der Waals surface area contributed by atoms with Crippen LogP contribution < -0.4 is 10.5 Å². The van der Waals surface area contributed by atoms with Crippen molar-refractivity contribution >= 4 is 39.2 Å². The third-order valence-electron chi connectivity index (χ3n) is 2.55. The number of benzene rings is 2. The van der Waals surface area contributed by atoms with Gasteiger partial charge >= 0.3 is 5.97 Å². The molecule has 0 spiro atoms. The van der Waals surface area contributed by atoms with Gasteiger partial charge in [0.1, 0.15) is 11.5 Å². The van der Waals surface area contributed by atoms with Gasteiger partial charge in [-0.1, -0.05) is 27.5 Å². The standard InChI is InChI=1S/C14H11BrClNO3/c1-19-14(18)10-7-9(3-4-12(10)17)20-13-5-2-8(15)6-11(13)16/h2-7H,17H2,1H3. The van der Waals surface area contributed by atoms with Gasteiger partial charge in [-0.2, -0.15) is 0 Å². The lowest BCUT2D eigenvalue weighted by atomic mass is 10.1. The zero-order valence-electron chi connectivity index (χ0n) is 10.5. The van der Waals surface area contributed by atoms with Crippen LogP contribution in [-0.2, 0) is 4.74 Å². The van der Waals surface area contributed by atoms with E-state index in [1.54, 1.807) is 30.3 Å². The minimum atomic E-state index is -0.519. The Hall–Kier alpha value is -1.72. The smallest absolute Gasteiger partial charge is 0.340 e. The highest BCUT2D eigenvalue weighted by Crippen LogP contribution is 2.32. The van der Waals surface area contributed by atoms with Crippen LogP contribution in [0.25, 0.3) is 0 Å². The molecule has 0 fully saturated rings. The molecule has 0 aliphatic carbocycles. The van der Waals surface area contributed by atoms with Crippen LogP contribution in [0.15, 0.2) is 40.9 Å². The van der Waals surface area contributed by atoms with Crippen molar-refractivity contribution in [3.8, 4) is 11.5 Å². The summed E-state index contributed by atoms with van der Waals surface area (Å²) in [5.41, 5.74) is 6.29. The molecule has 20 heavy (non-hydrogen) atoms. The largest absolute Gasteiger partial charge is 0.465 e. The monoisotopic (exact) mass is 355 g/mol. The van der Waals surface area contributed by atoms with Gasteiger partial charge < -0.3 is 15.2 Å². The Bertz CT molecular complexity index is 661. The van der Waals surface area contributed by atoms with Gasteiger partial charge in [-0.25, -0.2) is 4.79 Å². The molecule has 0 amide bonds. The number of carbonyl (C=O) groups is 1. The molecule has 104 valence electrons. The van der Waals surface area contributed by atoms with Crippen LogP contribution in [0.2, 0.25) is 5.02 Å². The highest BCUT2D eigenvalue weighted by molar-refractivity contribution is 9.10. The molecule has 0 unspecified atom stereocenters. The molecule has 0 aliphatic rings. The minimum Gasteiger partial charge on any atom is -0.465 e. The fourth-order valence-electron chi connectivity index (χ4n) is 1.57. The molecule has 0 radical (unpaired) electrons. The van der Waals surface area contributed by atoms with Gasteiger partial charge in [0, 0.05) is 10.2 Å². The summed E-state index contributed by atoms with van der Waals surface area (Å²) >= 11 is 9.38. The first-order valence-electron chi connectivity index (χ1n) is 5.62. The predicted molar refractivity (Wildman–Crippen MR) is 81.4 cm³/mol. The normalized spacial score (nSPS) is 10.2. The number of nitrogens with two attached hydrogens (primary N) is 1. The van der Waals surface area contributed by atoms with Crippen molar-refractivity contribution in [2.24, 2.45) is 0 Å². The average molecular weight is 357 g/mol. The molecule has 0 saturated carbocycles. The van der Waals surface area contributed by atoms with Gasteiger partial charge in [0.05, 0.1) is 17.7 Å². The second kappa shape index (κ2) is 6.15. The molecule has 2 aromatic rings. The van der Waals surface area contributed by atoms with Gasteiger partial charge in [-0.05, 0) is 36.4 Å². The summed E-state index contributed by atoms with van der Waals surface area (Å²) in [5, 5.41) is 0.454. The molecule has 2 aromatic carbocycles. The lowest BCUT2D eigenvalue weighted by Crippen LogP contribution is -2.05. The first kappa shape index (κ1) is 14.7. The van der Waals surface area contributed by atoms with Gasteiger partial charge in [0.25, 0.3) is 0 Å². The summed E-state index contributed by atoms with van der Waals surface area (Å²) in [6.45, 7) is 0. The topological polar surface area (TPSA) is 61.5 Å². The number of carbonyl (C=O) groups excluding carboxylic acids is 1. The predicted octanol–water partition coefficient (Wildman–Crippen LogP) is 4.26. The Morgan fingerprint density at radius 3 is 2.65 bits per heavy atom. The molecule has 4 nitrogen and oxygen atoms in total. The number of hydrogen-bond acceptors (Lipinski definition) is 4. The number of anilines is 1. The lowest BCUT2D eigenvalue weighted by Gasteiger charge is -2.10. The van der Waals surface area contributed by atoms with Gasteiger partial charge in [0.2, 0.25) is 0 Å². The van der Waals surface area contributed by atoms with Crippen LogP contribution in [0.5, 0.6) is 11.5 Å². The number of nitrogen functional groups attached to an aromatic ring is 1. The Labute approximate surface area is 129 Å². The minimum absolute atomic E-state index is 0.248. The molecule has 0 bridgehead atoms. The molecule has 6 heteroatoms. The first-order valence-corrected chi connectivity index (χ1v) is 6.79. The Morgan fingerprint density at radius 1 is 1.25 bits per heavy atom. The van der Waals surface area contributed by atoms with Crippen molar-refractivity contribution in [3.63, 3.8) is 0 Å². The van der Waals surface area contributed by atoms with Crippen LogP contribution in [0.3, 0.4) is 0 Å². The fourth-order valence-corrected chi connectivity index (χ4v) is 2.28. The highest BCUT2D eigenvalue weighted by atomic mass is 79.9. The van der Waals surface area contributed by atoms with E-state index in [-0.39, 0.29) is 5.56 Å². The maximum Gasteiger partial charge on any atom is 0.340 e. The quantitative estimate of drug-likeness (QED) is 0.659. The third kappa shape index (κ3) is 3.23. The Balaban J connectivity index is 2.32. The summed E-state index contributed by atoms with van der Waals surface area (Å²) in [7, 11) is 1.29. The number of halogens is 2. The van der Waals surface area contributed by atoms with E-state index in [1.165, 1.54) is 13.2 Å². The summed E-state index contributed by atoms with van der Waals surface area (Å²) in [5.74, 6) is 0.411. The van der Waals surface area contributed by atoms with E-state index in [9.17, 15) is 4.79 Å². The average Bonchev–Trinajstić information content (AvgIpc) is 2.43. The second-order valence-electron chi connectivity index (χ2n) is 3.92. The molecule has 2 N–H and O–H groups in total. The molecular weight excluding hydrogens is 346 g/mol. The van der Waals surface area contributed by atoms with Gasteiger partial charge in [0.15, 0.2) is 0 Å². The molecular formula is C14H11BrClNO3. The lowest BCUT2D eigenvalue weighted by molar-refractivity contribution is 0.0601. The van der Waals surface area contributed by atoms with Crippen LogP contribution >= 0.6 is 27.5 Å². The number of esters is 1. The second-order valence-corrected chi connectivity index (χ2v) is 5.24. The number of ether oxygens (including phenoxy) is 2. The summed E-state index contributed by atoms with van der Waals surface area (Å²) < 4.78 is 11.1. The summed E-state index contributed by atoms with van der Waals surface area (Å²) in [6, 6.07) is 9.99. The number of rotatable bonds is 3. The van der Waals surface area contributed by atoms with Gasteiger partial charge in [-0.3, -0.25) is 0 Å². The zero-order chi connectivity index (χ0) is 14.7. The first-order chi connectivity index (χ1) is 9.51. The highest BCUT2D eigenvalue weighted by Gasteiger charge is 2.12. The Morgan fingerprint density at radius 2 is 2.00 bits per heavy atom. The maximum absolute atomic E-state index is 11.6. The maximum atomic E-state index is 11.6. The molecule has 0 heterocycles. The van der Waals surface area contributed by atoms with Crippen molar-refractivity contribution in [1.29, 1.82) is 0 Å². The van der Waals surface area contributed by atoms with E-state index in [0.29, 0.717) is 22.2 Å². The van der Waals surface area contributed by atoms with E-state index in [2.05, 4.69) is 20.7 Å². The van der Waals surface area contributed by atoms with Crippen LogP contribution in [0, 0.1) is 0 Å². The molecule has 2 rings (SSSR count). The summed E-state index contributed by atoms with van der Waals surface area (Å²) in [6.07, 6.45) is 0. The van der Waals surface area contributed by atoms with Gasteiger partial charge in [-0.15, -0.1) is 0 Å². The van der Waals surface area contributed by atoms with E-state index >= 15 is 0 Å². The fraction of sp³-hybridized carbons (Fsp3) is 0.0714. The van der Waals surface area contributed by atoms with Crippen molar-refractivity contribution in [3.05, 3.63) is 51.5 Å². The third-order valence-corrected chi connectivity index (χ3v) is 3.34. The van der Waals surface area contributed by atoms with Crippen LogP contribution in [0.1, 0.15) is 10.4 Å².